The average molecular weight is 715 g/mol. The molecule has 13 heteroatoms. The number of nitrogens with one attached hydrogen (secondary N) is 3. The minimum atomic E-state index is -0.189. The van der Waals surface area contributed by atoms with Crippen molar-refractivity contribution in [3.8, 4) is 45.4 Å². The fourth-order valence-electron chi connectivity index (χ4n) is 7.87. The number of hydrogen-bond acceptors (Lipinski definition) is 8. The van der Waals surface area contributed by atoms with Crippen LogP contribution in [-0.2, 0) is 17.9 Å². The zero-order valence-corrected chi connectivity index (χ0v) is 29.3. The van der Waals surface area contributed by atoms with Crippen LogP contribution < -0.4 is 25.4 Å². The van der Waals surface area contributed by atoms with Gasteiger partial charge in [0, 0.05) is 97.6 Å². The van der Waals surface area contributed by atoms with Crippen molar-refractivity contribution < 1.29 is 19.1 Å². The molecule has 0 atom stereocenters. The van der Waals surface area contributed by atoms with Gasteiger partial charge in [0.25, 0.3) is 0 Å². The van der Waals surface area contributed by atoms with E-state index in [1.54, 1.807) is 14.2 Å². The molecule has 0 bridgehead atoms. The van der Waals surface area contributed by atoms with E-state index in [2.05, 4.69) is 25.8 Å². The van der Waals surface area contributed by atoms with E-state index in [0.717, 1.165) is 66.1 Å². The second-order valence-corrected chi connectivity index (χ2v) is 14.7. The molecule has 2 aromatic heterocycles. The van der Waals surface area contributed by atoms with Gasteiger partial charge in [-0.1, -0.05) is 71.7 Å². The quantitative estimate of drug-likeness (QED) is 0.222. The summed E-state index contributed by atoms with van der Waals surface area (Å²) in [5.41, 5.74) is 6.25. The molecule has 3 N–H and O–H groups in total. The normalized spacial score (nSPS) is 19.1. The molecule has 6 heterocycles. The summed E-state index contributed by atoms with van der Waals surface area (Å²) >= 11 is 14.2. The van der Waals surface area contributed by atoms with Gasteiger partial charge in [0.1, 0.15) is 0 Å². The lowest BCUT2D eigenvalue weighted by atomic mass is 9.79. The Morgan fingerprint density at radius 2 is 1.22 bits per heavy atom. The second kappa shape index (κ2) is 12.7. The Labute approximate surface area is 300 Å². The Balaban J connectivity index is 1.01. The molecule has 4 fully saturated rings. The fraction of sp³-hybridized carbons (Fsp3) is 0.351. The molecule has 8 rings (SSSR count). The number of nitrogens with zero attached hydrogens (tertiary/aromatic N) is 4. The third-order valence-electron chi connectivity index (χ3n) is 10.2. The summed E-state index contributed by atoms with van der Waals surface area (Å²) in [4.78, 5) is 37.7. The predicted molar refractivity (Wildman–Crippen MR) is 191 cm³/mol. The Morgan fingerprint density at radius 1 is 0.700 bits per heavy atom. The summed E-state index contributed by atoms with van der Waals surface area (Å²) in [5, 5.41) is 9.89. The van der Waals surface area contributed by atoms with Crippen LogP contribution in [0.25, 0.3) is 33.6 Å². The van der Waals surface area contributed by atoms with Crippen LogP contribution in [0.1, 0.15) is 17.5 Å². The molecule has 0 radical (unpaired) electrons. The molecule has 0 saturated carbocycles. The van der Waals surface area contributed by atoms with Crippen molar-refractivity contribution in [1.29, 1.82) is 0 Å². The van der Waals surface area contributed by atoms with Crippen LogP contribution in [0.15, 0.2) is 60.7 Å². The first-order valence-electron chi connectivity index (χ1n) is 16.6. The van der Waals surface area contributed by atoms with E-state index >= 15 is 0 Å². The summed E-state index contributed by atoms with van der Waals surface area (Å²) in [5.74, 6) is 1.21. The number of likely N-dealkylation sites (tertiary alicyclic amines) is 2. The molecule has 258 valence electrons. The molecule has 0 unspecified atom stereocenters. The second-order valence-electron chi connectivity index (χ2n) is 13.9. The van der Waals surface area contributed by atoms with Gasteiger partial charge in [0.05, 0.1) is 41.2 Å². The van der Waals surface area contributed by atoms with E-state index in [0.29, 0.717) is 59.2 Å². The molecule has 3 amide bonds. The third kappa shape index (κ3) is 5.91. The largest absolute Gasteiger partial charge is 0.481 e. The molecule has 4 aromatic rings. The Morgan fingerprint density at radius 3 is 1.68 bits per heavy atom. The zero-order valence-electron chi connectivity index (χ0n) is 27.8. The number of aromatic nitrogens is 2. The highest BCUT2D eigenvalue weighted by molar-refractivity contribution is 6.39. The highest BCUT2D eigenvalue weighted by Gasteiger charge is 2.48. The molecule has 4 saturated heterocycles. The Bertz CT molecular complexity index is 1870. The van der Waals surface area contributed by atoms with Crippen LogP contribution in [0.4, 0.5) is 4.79 Å². The minimum absolute atomic E-state index is 0.0587. The number of hydrogen-bond donors (Lipinski definition) is 3. The molecular formula is C37H37Cl2N7O4. The summed E-state index contributed by atoms with van der Waals surface area (Å²) in [6.07, 6.45) is 0.595. The maximum atomic E-state index is 11.7. The van der Waals surface area contributed by atoms with Crippen LogP contribution >= 0.6 is 23.2 Å². The summed E-state index contributed by atoms with van der Waals surface area (Å²) in [6, 6.07) is 19.5. The van der Waals surface area contributed by atoms with E-state index < -0.39 is 0 Å². The first-order chi connectivity index (χ1) is 24.2. The van der Waals surface area contributed by atoms with Gasteiger partial charge in [-0.25, -0.2) is 14.8 Å². The highest BCUT2D eigenvalue weighted by atomic mass is 35.5. The number of pyridine rings is 2. The molecule has 0 aliphatic carbocycles. The summed E-state index contributed by atoms with van der Waals surface area (Å²) < 4.78 is 11.4. The van der Waals surface area contributed by atoms with Crippen molar-refractivity contribution in [3.63, 3.8) is 0 Å². The monoisotopic (exact) mass is 713 g/mol. The maximum absolute atomic E-state index is 11.7. The smallest absolute Gasteiger partial charge is 0.315 e. The first-order valence-corrected chi connectivity index (χ1v) is 17.4. The third-order valence-corrected chi connectivity index (χ3v) is 11.0. The van der Waals surface area contributed by atoms with Crippen molar-refractivity contribution in [2.24, 2.45) is 5.41 Å². The molecule has 4 aliphatic rings. The fourth-order valence-corrected chi connectivity index (χ4v) is 8.52. The van der Waals surface area contributed by atoms with Crippen molar-refractivity contribution in [2.45, 2.75) is 25.0 Å². The molecular weight excluding hydrogens is 677 g/mol. The van der Waals surface area contributed by atoms with Gasteiger partial charge in [-0.05, 0) is 12.1 Å². The first kappa shape index (κ1) is 32.8. The van der Waals surface area contributed by atoms with E-state index in [1.807, 2.05) is 60.7 Å². The topological polar surface area (TPSA) is 121 Å². The predicted octanol–water partition coefficient (Wildman–Crippen LogP) is 4.99. The molecule has 4 aliphatic heterocycles. The van der Waals surface area contributed by atoms with Crippen LogP contribution in [-0.4, -0.2) is 90.7 Å². The Kier molecular flexibility index (Phi) is 8.34. The number of carbonyl (C=O) groups excluding carboxylic acids is 2. The molecule has 2 aromatic carbocycles. The van der Waals surface area contributed by atoms with Crippen LogP contribution in [0.2, 0.25) is 10.0 Å². The lowest BCUT2D eigenvalue weighted by Gasteiger charge is -2.47. The number of carbonyl (C=O) groups is 2. The number of urea groups is 1. The van der Waals surface area contributed by atoms with Crippen molar-refractivity contribution in [3.05, 3.63) is 81.8 Å². The van der Waals surface area contributed by atoms with Crippen molar-refractivity contribution in [1.82, 2.24) is 35.7 Å². The lowest BCUT2D eigenvalue weighted by Crippen LogP contribution is -2.68. The van der Waals surface area contributed by atoms with Gasteiger partial charge in [-0.3, -0.25) is 14.6 Å². The van der Waals surface area contributed by atoms with Gasteiger partial charge in [-0.2, -0.15) is 0 Å². The number of rotatable bonds is 9. The SMILES string of the molecule is COc1nc(-c2cccc(-c3cccc(-c4ccc(CN5CC6(CNC(=O)N6)C5)c(OC)n4)c3Cl)c2Cl)ccc1CN1CC2(CNC(=O)C2)C1. The average Bonchev–Trinajstić information content (AvgIpc) is 3.68. The minimum Gasteiger partial charge on any atom is -0.481 e. The van der Waals surface area contributed by atoms with Gasteiger partial charge < -0.3 is 25.4 Å². The molecule has 11 nitrogen and oxygen atoms in total. The molecule has 50 heavy (non-hydrogen) atoms. The van der Waals surface area contributed by atoms with Crippen LogP contribution in [0.5, 0.6) is 11.8 Å². The van der Waals surface area contributed by atoms with Gasteiger partial charge in [-0.15, -0.1) is 0 Å². The van der Waals surface area contributed by atoms with Crippen LogP contribution in [0, 0.1) is 5.41 Å². The number of benzene rings is 2. The number of amides is 3. The van der Waals surface area contributed by atoms with E-state index in [-0.39, 0.29) is 22.9 Å². The lowest BCUT2D eigenvalue weighted by molar-refractivity contribution is -0.120. The highest BCUT2D eigenvalue weighted by Crippen LogP contribution is 2.43. The van der Waals surface area contributed by atoms with E-state index in [9.17, 15) is 9.59 Å². The number of ether oxygens (including phenoxy) is 2. The van der Waals surface area contributed by atoms with Crippen LogP contribution in [0.3, 0.4) is 0 Å². The zero-order chi connectivity index (χ0) is 34.6. The Hall–Kier alpha value is -4.42. The van der Waals surface area contributed by atoms with Gasteiger partial charge in [0.2, 0.25) is 17.7 Å². The van der Waals surface area contributed by atoms with Gasteiger partial charge in [0.15, 0.2) is 0 Å². The summed E-state index contributed by atoms with van der Waals surface area (Å²) in [7, 11) is 3.24. The van der Waals surface area contributed by atoms with Gasteiger partial charge >= 0.3 is 6.03 Å². The molecule has 2 spiro atoms. The van der Waals surface area contributed by atoms with Crippen molar-refractivity contribution in [2.75, 3.05) is 53.5 Å². The van der Waals surface area contributed by atoms with E-state index in [1.165, 1.54) is 0 Å². The number of methoxy groups -OCH3 is 2. The van der Waals surface area contributed by atoms with E-state index in [4.69, 9.17) is 42.6 Å². The summed E-state index contributed by atoms with van der Waals surface area (Å²) in [6.45, 7) is 6.00. The maximum Gasteiger partial charge on any atom is 0.315 e. The van der Waals surface area contributed by atoms with Crippen molar-refractivity contribution >= 4 is 35.1 Å². The number of halogens is 2. The standard InChI is InChI=1S/C37H37Cl2N7O4/c1-49-33-22(14-45-18-36(19-45)13-30(47)40-16-36)9-11-28(42-33)26-7-3-5-24(31(26)38)25-6-4-8-27(32(25)39)29-12-10-23(34(43-29)50-2)15-46-20-37(21-46)17-41-35(48)44-37/h3-12H,13-21H2,1-2H3,(H,40,47)(H2,41,44,48).